The summed E-state index contributed by atoms with van der Waals surface area (Å²) >= 11 is 1.59. The van der Waals surface area contributed by atoms with E-state index >= 15 is 0 Å². The lowest BCUT2D eigenvalue weighted by Crippen LogP contribution is -2.56. The van der Waals surface area contributed by atoms with Gasteiger partial charge in [0.15, 0.2) is 0 Å². The van der Waals surface area contributed by atoms with Gasteiger partial charge in [0.1, 0.15) is 17.7 Å². The highest BCUT2D eigenvalue weighted by Crippen LogP contribution is 2.27. The lowest BCUT2D eigenvalue weighted by molar-refractivity contribution is -0.145. The Labute approximate surface area is 203 Å². The van der Waals surface area contributed by atoms with Crippen LogP contribution in [0.25, 0.3) is 0 Å². The number of carbonyl (C=O) groups is 3. The smallest absolute Gasteiger partial charge is 0.408 e. The number of alkyl carbamates (subject to hydrolysis) is 1. The van der Waals surface area contributed by atoms with Gasteiger partial charge in [0, 0.05) is 12.1 Å². The predicted octanol–water partition coefficient (Wildman–Crippen LogP) is 4.53. The zero-order valence-corrected chi connectivity index (χ0v) is 22.1. The minimum Gasteiger partial charge on any atom is -0.444 e. The Morgan fingerprint density at radius 2 is 1.67 bits per heavy atom. The van der Waals surface area contributed by atoms with Crippen LogP contribution in [-0.2, 0) is 14.3 Å². The number of nitrogens with one attached hydrogen (secondary N) is 2. The molecule has 0 aromatic heterocycles. The molecule has 0 heterocycles. The topological polar surface area (TPSA) is 87.7 Å². The minimum atomic E-state index is -0.812. The lowest BCUT2D eigenvalue weighted by Gasteiger charge is -2.38. The van der Waals surface area contributed by atoms with Gasteiger partial charge in [-0.05, 0) is 72.0 Å². The van der Waals surface area contributed by atoms with Gasteiger partial charge >= 0.3 is 6.09 Å². The molecule has 1 aromatic carbocycles. The molecule has 0 radical (unpaired) electrons. The second-order valence-corrected chi connectivity index (χ2v) is 10.4. The van der Waals surface area contributed by atoms with Gasteiger partial charge in [-0.25, -0.2) is 4.79 Å². The number of hydrogen-bond donors (Lipinski definition) is 2. The van der Waals surface area contributed by atoms with Gasteiger partial charge in [0.05, 0.1) is 0 Å². The fraction of sp³-hybridized carbons (Fsp3) is 0.640. The Balaban J connectivity index is 3.41. The quantitative estimate of drug-likeness (QED) is 0.487. The van der Waals surface area contributed by atoms with Gasteiger partial charge in [-0.15, -0.1) is 0 Å². The van der Waals surface area contributed by atoms with Crippen LogP contribution in [0.5, 0.6) is 0 Å². The Hall–Kier alpha value is -2.22. The van der Waals surface area contributed by atoms with Crippen molar-refractivity contribution < 1.29 is 19.1 Å². The van der Waals surface area contributed by atoms with Crippen molar-refractivity contribution in [3.05, 3.63) is 35.9 Å². The largest absolute Gasteiger partial charge is 0.444 e. The van der Waals surface area contributed by atoms with Crippen LogP contribution in [0.4, 0.5) is 4.79 Å². The summed E-state index contributed by atoms with van der Waals surface area (Å²) in [6.07, 6.45) is 2.39. The maximum Gasteiger partial charge on any atom is 0.408 e. The molecule has 0 spiro atoms. The van der Waals surface area contributed by atoms with Crippen LogP contribution in [0.15, 0.2) is 30.3 Å². The third kappa shape index (κ3) is 9.66. The summed E-state index contributed by atoms with van der Waals surface area (Å²) in [4.78, 5) is 41.4. The molecule has 186 valence electrons. The zero-order chi connectivity index (χ0) is 25.2. The molecule has 0 aliphatic rings. The molecule has 0 bridgehead atoms. The van der Waals surface area contributed by atoms with Crippen molar-refractivity contribution in [1.29, 1.82) is 0 Å². The van der Waals surface area contributed by atoms with E-state index in [1.807, 2.05) is 64.3 Å². The predicted molar refractivity (Wildman–Crippen MR) is 135 cm³/mol. The number of thioether (sulfide) groups is 1. The van der Waals surface area contributed by atoms with Crippen LogP contribution in [0.3, 0.4) is 0 Å². The van der Waals surface area contributed by atoms with E-state index in [4.69, 9.17) is 4.74 Å². The maximum absolute atomic E-state index is 13.9. The van der Waals surface area contributed by atoms with Crippen molar-refractivity contribution in [3.8, 4) is 0 Å². The SMILES string of the molecule is CCC(C)N(C(=O)C(CCSC)NC(=O)OC(C)(C)C)C(C(=O)NC(C)C)c1ccccc1. The third-order valence-corrected chi connectivity index (χ3v) is 5.64. The fourth-order valence-electron chi connectivity index (χ4n) is 3.36. The maximum atomic E-state index is 13.9. The summed E-state index contributed by atoms with van der Waals surface area (Å²) in [7, 11) is 0. The molecule has 3 unspecified atom stereocenters. The molecule has 0 saturated carbocycles. The molecule has 2 N–H and O–H groups in total. The fourth-order valence-corrected chi connectivity index (χ4v) is 3.83. The molecule has 3 atom stereocenters. The van der Waals surface area contributed by atoms with Crippen LogP contribution in [-0.4, -0.2) is 58.5 Å². The van der Waals surface area contributed by atoms with E-state index in [-0.39, 0.29) is 23.9 Å². The van der Waals surface area contributed by atoms with Crippen LogP contribution in [0, 0.1) is 0 Å². The molecule has 0 saturated heterocycles. The van der Waals surface area contributed by atoms with Crippen molar-refractivity contribution in [1.82, 2.24) is 15.5 Å². The molecule has 33 heavy (non-hydrogen) atoms. The standard InChI is InChI=1S/C25H41N3O4S/c1-9-18(4)28(21(22(29)26-17(2)3)19-13-11-10-12-14-19)23(30)20(15-16-33-8)27-24(31)32-25(5,6)7/h10-14,17-18,20-21H,9,15-16H2,1-8H3,(H,26,29)(H,27,31). The average Bonchev–Trinajstić information content (AvgIpc) is 2.72. The first kappa shape index (κ1) is 28.8. The summed E-state index contributed by atoms with van der Waals surface area (Å²) in [5.41, 5.74) is 0.0438. The van der Waals surface area contributed by atoms with Gasteiger partial charge in [-0.2, -0.15) is 11.8 Å². The first-order valence-electron chi connectivity index (χ1n) is 11.6. The number of carbonyl (C=O) groups excluding carboxylic acids is 3. The molecule has 3 amide bonds. The van der Waals surface area contributed by atoms with Gasteiger partial charge in [-0.3, -0.25) is 9.59 Å². The van der Waals surface area contributed by atoms with Crippen molar-refractivity contribution in [2.24, 2.45) is 0 Å². The van der Waals surface area contributed by atoms with Crippen molar-refractivity contribution >= 4 is 29.7 Å². The third-order valence-electron chi connectivity index (χ3n) is 4.99. The van der Waals surface area contributed by atoms with Crippen molar-refractivity contribution in [2.45, 2.75) is 91.1 Å². The zero-order valence-electron chi connectivity index (χ0n) is 21.3. The molecule has 0 aliphatic carbocycles. The van der Waals surface area contributed by atoms with Crippen LogP contribution in [0.1, 0.15) is 72.9 Å². The monoisotopic (exact) mass is 479 g/mol. The highest BCUT2D eigenvalue weighted by molar-refractivity contribution is 7.98. The number of rotatable bonds is 11. The Morgan fingerprint density at radius 1 is 1.06 bits per heavy atom. The molecule has 0 aliphatic heterocycles. The summed E-state index contributed by atoms with van der Waals surface area (Å²) in [6, 6.07) is 7.37. The molecule has 7 nitrogen and oxygen atoms in total. The first-order valence-corrected chi connectivity index (χ1v) is 13.0. The van der Waals surface area contributed by atoms with Gasteiger partial charge in [0.2, 0.25) is 11.8 Å². The highest BCUT2D eigenvalue weighted by Gasteiger charge is 2.38. The second kappa shape index (κ2) is 13.5. The molecule has 8 heteroatoms. The molecular weight excluding hydrogens is 438 g/mol. The van der Waals surface area contributed by atoms with E-state index in [2.05, 4.69) is 10.6 Å². The van der Waals surface area contributed by atoms with E-state index < -0.39 is 23.8 Å². The van der Waals surface area contributed by atoms with Crippen LogP contribution in [0.2, 0.25) is 0 Å². The number of nitrogens with zero attached hydrogens (tertiary/aromatic N) is 1. The van der Waals surface area contributed by atoms with E-state index in [0.29, 0.717) is 18.6 Å². The minimum absolute atomic E-state index is 0.0789. The van der Waals surface area contributed by atoms with Crippen molar-refractivity contribution in [2.75, 3.05) is 12.0 Å². The van der Waals surface area contributed by atoms with Gasteiger partial charge in [0.25, 0.3) is 0 Å². The summed E-state index contributed by atoms with van der Waals surface area (Å²) in [5, 5.41) is 5.72. The lowest BCUT2D eigenvalue weighted by atomic mass is 9.99. The Bertz CT molecular complexity index is 765. The average molecular weight is 480 g/mol. The van der Waals surface area contributed by atoms with Gasteiger partial charge in [-0.1, -0.05) is 37.3 Å². The van der Waals surface area contributed by atoms with Crippen LogP contribution < -0.4 is 10.6 Å². The molecule has 1 aromatic rings. The Morgan fingerprint density at radius 3 is 2.15 bits per heavy atom. The van der Waals surface area contributed by atoms with Crippen molar-refractivity contribution in [3.63, 3.8) is 0 Å². The summed E-state index contributed by atoms with van der Waals surface area (Å²) in [5.74, 6) is 0.136. The highest BCUT2D eigenvalue weighted by atomic mass is 32.2. The van der Waals surface area contributed by atoms with E-state index in [0.717, 1.165) is 5.56 Å². The van der Waals surface area contributed by atoms with E-state index in [1.165, 1.54) is 0 Å². The van der Waals surface area contributed by atoms with E-state index in [9.17, 15) is 14.4 Å². The number of amides is 3. The van der Waals surface area contributed by atoms with E-state index in [1.54, 1.807) is 37.4 Å². The molecule has 0 fully saturated rings. The number of benzene rings is 1. The number of hydrogen-bond acceptors (Lipinski definition) is 5. The summed E-state index contributed by atoms with van der Waals surface area (Å²) in [6.45, 7) is 13.0. The molecular formula is C25H41N3O4S. The normalized spacial score (nSPS) is 14.2. The van der Waals surface area contributed by atoms with Gasteiger partial charge < -0.3 is 20.3 Å². The second-order valence-electron chi connectivity index (χ2n) is 9.46. The molecule has 1 rings (SSSR count). The number of ether oxygens (including phenoxy) is 1. The first-order chi connectivity index (χ1) is 15.4. The Kier molecular flexibility index (Phi) is 11.8. The summed E-state index contributed by atoms with van der Waals surface area (Å²) < 4.78 is 5.40. The van der Waals surface area contributed by atoms with Crippen LogP contribution >= 0.6 is 11.8 Å².